The number of ketones is 1. The molecule has 2 rings (SSSR count). The summed E-state index contributed by atoms with van der Waals surface area (Å²) in [5.41, 5.74) is 2.74. The van der Waals surface area contributed by atoms with E-state index in [0.717, 1.165) is 11.1 Å². The highest BCUT2D eigenvalue weighted by Crippen LogP contribution is 2.20. The van der Waals surface area contributed by atoms with Gasteiger partial charge in [0, 0.05) is 10.0 Å². The molecule has 0 bridgehead atoms. The van der Waals surface area contributed by atoms with Crippen LogP contribution >= 0.6 is 15.9 Å². The Morgan fingerprint density at radius 3 is 2.44 bits per heavy atom. The smallest absolute Gasteiger partial charge is 0.196 e. The molecule has 2 aromatic rings. The molecule has 0 unspecified atom stereocenters. The van der Waals surface area contributed by atoms with Crippen LogP contribution in [0.4, 0.5) is 4.39 Å². The number of aryl methyl sites for hydroxylation is 2. The van der Waals surface area contributed by atoms with Crippen LogP contribution in [0.1, 0.15) is 27.0 Å². The first-order valence-corrected chi connectivity index (χ1v) is 6.35. The topological polar surface area (TPSA) is 17.1 Å². The largest absolute Gasteiger partial charge is 0.288 e. The first-order chi connectivity index (χ1) is 8.49. The second kappa shape index (κ2) is 5.02. The summed E-state index contributed by atoms with van der Waals surface area (Å²) < 4.78 is 14.3. The van der Waals surface area contributed by atoms with Gasteiger partial charge in [-0.3, -0.25) is 4.79 Å². The number of hydrogen-bond acceptors (Lipinski definition) is 1. The van der Waals surface area contributed by atoms with Gasteiger partial charge in [-0.25, -0.2) is 4.39 Å². The minimum atomic E-state index is -0.499. The standard InChI is InChI=1S/C15H12BrFO/c1-9-3-4-11(7-10(9)2)15(18)13-8-12(16)5-6-14(13)17/h3-8H,1-2H3. The van der Waals surface area contributed by atoms with Crippen LogP contribution in [0.5, 0.6) is 0 Å². The summed E-state index contributed by atoms with van der Waals surface area (Å²) in [5, 5.41) is 0. The summed E-state index contributed by atoms with van der Waals surface area (Å²) in [6.07, 6.45) is 0. The van der Waals surface area contributed by atoms with Crippen LogP contribution in [0, 0.1) is 19.7 Å². The third-order valence-corrected chi connectivity index (χ3v) is 3.44. The number of benzene rings is 2. The van der Waals surface area contributed by atoms with Gasteiger partial charge in [-0.15, -0.1) is 0 Å². The van der Waals surface area contributed by atoms with E-state index in [2.05, 4.69) is 15.9 Å². The lowest BCUT2D eigenvalue weighted by Gasteiger charge is -2.06. The molecule has 0 aliphatic rings. The molecule has 0 aliphatic carbocycles. The van der Waals surface area contributed by atoms with E-state index in [1.807, 2.05) is 19.9 Å². The second-order valence-electron chi connectivity index (χ2n) is 4.25. The average Bonchev–Trinajstić information content (AvgIpc) is 2.35. The molecule has 0 radical (unpaired) electrons. The van der Waals surface area contributed by atoms with E-state index in [0.29, 0.717) is 10.0 Å². The lowest BCUT2D eigenvalue weighted by molar-refractivity contribution is 0.103. The van der Waals surface area contributed by atoms with Crippen molar-refractivity contribution >= 4 is 21.7 Å². The van der Waals surface area contributed by atoms with E-state index in [9.17, 15) is 9.18 Å². The van der Waals surface area contributed by atoms with Gasteiger partial charge in [0.25, 0.3) is 0 Å². The molecule has 0 saturated heterocycles. The summed E-state index contributed by atoms with van der Waals surface area (Å²) in [4.78, 5) is 12.2. The van der Waals surface area contributed by atoms with E-state index in [-0.39, 0.29) is 11.3 Å². The number of carbonyl (C=O) groups excluding carboxylic acids is 1. The van der Waals surface area contributed by atoms with Crippen molar-refractivity contribution < 1.29 is 9.18 Å². The highest BCUT2D eigenvalue weighted by molar-refractivity contribution is 9.10. The van der Waals surface area contributed by atoms with Crippen LogP contribution in [-0.4, -0.2) is 5.78 Å². The van der Waals surface area contributed by atoms with Crippen molar-refractivity contribution in [3.05, 3.63) is 68.9 Å². The number of hydrogen-bond donors (Lipinski definition) is 0. The maximum atomic E-state index is 13.6. The zero-order valence-electron chi connectivity index (χ0n) is 10.1. The maximum Gasteiger partial charge on any atom is 0.196 e. The van der Waals surface area contributed by atoms with Gasteiger partial charge in [0.15, 0.2) is 5.78 Å². The van der Waals surface area contributed by atoms with Crippen molar-refractivity contribution in [3.8, 4) is 0 Å². The minimum Gasteiger partial charge on any atom is -0.288 e. The number of rotatable bonds is 2. The van der Waals surface area contributed by atoms with Crippen molar-refractivity contribution in [1.29, 1.82) is 0 Å². The van der Waals surface area contributed by atoms with Gasteiger partial charge < -0.3 is 0 Å². The Balaban J connectivity index is 2.47. The van der Waals surface area contributed by atoms with Crippen molar-refractivity contribution in [1.82, 2.24) is 0 Å². The Morgan fingerprint density at radius 2 is 1.78 bits per heavy atom. The van der Waals surface area contributed by atoms with Gasteiger partial charge in [0.1, 0.15) is 5.82 Å². The molecule has 1 nitrogen and oxygen atoms in total. The fraction of sp³-hybridized carbons (Fsp3) is 0.133. The average molecular weight is 307 g/mol. The highest BCUT2D eigenvalue weighted by atomic mass is 79.9. The maximum absolute atomic E-state index is 13.6. The SMILES string of the molecule is Cc1ccc(C(=O)c2cc(Br)ccc2F)cc1C. The third-order valence-electron chi connectivity index (χ3n) is 2.94. The molecule has 0 spiro atoms. The van der Waals surface area contributed by atoms with Gasteiger partial charge in [-0.1, -0.05) is 28.1 Å². The molecule has 2 aromatic carbocycles. The minimum absolute atomic E-state index is 0.0904. The molecule has 0 N–H and O–H groups in total. The van der Waals surface area contributed by atoms with Gasteiger partial charge >= 0.3 is 0 Å². The highest BCUT2D eigenvalue weighted by Gasteiger charge is 2.14. The quantitative estimate of drug-likeness (QED) is 0.750. The van der Waals surface area contributed by atoms with Crippen molar-refractivity contribution in [2.24, 2.45) is 0 Å². The van der Waals surface area contributed by atoms with Crippen molar-refractivity contribution in [2.45, 2.75) is 13.8 Å². The summed E-state index contributed by atoms with van der Waals surface area (Å²) in [5.74, 6) is -0.793. The monoisotopic (exact) mass is 306 g/mol. The summed E-state index contributed by atoms with van der Waals surface area (Å²) >= 11 is 3.24. The fourth-order valence-electron chi connectivity index (χ4n) is 1.71. The summed E-state index contributed by atoms with van der Waals surface area (Å²) in [6, 6.07) is 9.76. The molecule has 0 heterocycles. The Hall–Kier alpha value is -1.48. The van der Waals surface area contributed by atoms with E-state index >= 15 is 0 Å². The molecule has 92 valence electrons. The molecule has 0 amide bonds. The van der Waals surface area contributed by atoms with Crippen LogP contribution in [0.2, 0.25) is 0 Å². The van der Waals surface area contributed by atoms with Crippen LogP contribution in [0.25, 0.3) is 0 Å². The fourth-order valence-corrected chi connectivity index (χ4v) is 2.07. The van der Waals surface area contributed by atoms with Gasteiger partial charge in [0.05, 0.1) is 5.56 Å². The third kappa shape index (κ3) is 2.51. The van der Waals surface area contributed by atoms with E-state index in [1.54, 1.807) is 18.2 Å². The Morgan fingerprint density at radius 1 is 1.06 bits per heavy atom. The number of carbonyl (C=O) groups is 1. The zero-order chi connectivity index (χ0) is 13.3. The van der Waals surface area contributed by atoms with Crippen molar-refractivity contribution in [3.63, 3.8) is 0 Å². The predicted octanol–water partition coefficient (Wildman–Crippen LogP) is 4.44. The summed E-state index contributed by atoms with van der Waals surface area (Å²) in [6.45, 7) is 3.91. The van der Waals surface area contributed by atoms with E-state index < -0.39 is 5.82 Å². The van der Waals surface area contributed by atoms with Crippen LogP contribution < -0.4 is 0 Å². The Labute approximate surface area is 114 Å². The van der Waals surface area contributed by atoms with Crippen molar-refractivity contribution in [2.75, 3.05) is 0 Å². The first kappa shape index (κ1) is 13.0. The molecular formula is C15H12BrFO. The molecule has 0 aliphatic heterocycles. The Kier molecular flexibility index (Phi) is 3.62. The van der Waals surface area contributed by atoms with Gasteiger partial charge in [-0.2, -0.15) is 0 Å². The second-order valence-corrected chi connectivity index (χ2v) is 5.17. The number of halogens is 2. The predicted molar refractivity (Wildman–Crippen MR) is 73.4 cm³/mol. The van der Waals surface area contributed by atoms with Gasteiger partial charge in [0.2, 0.25) is 0 Å². The van der Waals surface area contributed by atoms with E-state index in [1.165, 1.54) is 12.1 Å². The van der Waals surface area contributed by atoms with Crippen LogP contribution in [0.15, 0.2) is 40.9 Å². The Bertz CT molecular complexity index is 620. The molecule has 0 saturated carbocycles. The first-order valence-electron chi connectivity index (χ1n) is 5.56. The van der Waals surface area contributed by atoms with Crippen LogP contribution in [0.3, 0.4) is 0 Å². The molecular weight excluding hydrogens is 295 g/mol. The van der Waals surface area contributed by atoms with E-state index in [4.69, 9.17) is 0 Å². The van der Waals surface area contributed by atoms with Crippen LogP contribution in [-0.2, 0) is 0 Å². The zero-order valence-corrected chi connectivity index (χ0v) is 11.7. The molecule has 18 heavy (non-hydrogen) atoms. The molecule has 0 aromatic heterocycles. The van der Waals surface area contributed by atoms with Gasteiger partial charge in [-0.05, 0) is 49.2 Å². The lowest BCUT2D eigenvalue weighted by Crippen LogP contribution is -2.05. The molecule has 3 heteroatoms. The normalized spacial score (nSPS) is 10.4. The molecule has 0 atom stereocenters. The molecule has 0 fully saturated rings. The summed E-state index contributed by atoms with van der Waals surface area (Å²) in [7, 11) is 0. The lowest BCUT2D eigenvalue weighted by atomic mass is 9.99.